The van der Waals surface area contributed by atoms with Crippen LogP contribution in [0.5, 0.6) is 0 Å². The highest BCUT2D eigenvalue weighted by Crippen LogP contribution is 2.32. The fourth-order valence-electron chi connectivity index (χ4n) is 2.02. The number of thiocarbonyl (C=S) groups is 1. The molecule has 0 unspecified atom stereocenters. The fourth-order valence-corrected chi connectivity index (χ4v) is 5.39. The lowest BCUT2D eigenvalue weighted by atomic mass is 10.2. The molecule has 2 aromatic rings. The molecule has 0 aliphatic carbocycles. The van der Waals surface area contributed by atoms with Crippen LogP contribution in [0.3, 0.4) is 0 Å². The number of nitrogens with zero attached hydrogens (tertiary/aromatic N) is 2. The summed E-state index contributed by atoms with van der Waals surface area (Å²) < 4.78 is 3.40. The Bertz CT molecular complexity index is 877. The van der Waals surface area contributed by atoms with Crippen LogP contribution in [-0.4, -0.2) is 26.3 Å². The van der Waals surface area contributed by atoms with Crippen molar-refractivity contribution in [3.05, 3.63) is 39.2 Å². The highest BCUT2D eigenvalue weighted by atomic mass is 32.2. The second-order valence-electron chi connectivity index (χ2n) is 4.86. The summed E-state index contributed by atoms with van der Waals surface area (Å²) in [5, 5.41) is 14.3. The lowest BCUT2D eigenvalue weighted by Gasteiger charge is -2.04. The van der Waals surface area contributed by atoms with Crippen molar-refractivity contribution in [2.24, 2.45) is 5.10 Å². The molecule has 1 saturated heterocycles. The summed E-state index contributed by atoms with van der Waals surface area (Å²) in [6.07, 6.45) is 2.86. The van der Waals surface area contributed by atoms with Crippen LogP contribution >= 0.6 is 46.7 Å². The maximum Gasteiger partial charge on any atom is 0.303 e. The maximum atomic E-state index is 12.4. The number of aliphatic carboxylic acids is 1. The standard InChI is InChI=1S/C15H12N2O3S4/c18-12(19)8-4-3-7-11-13(20)17(15(21)24-11)16-14-22-9-5-1-2-6-10(9)23-14/h1-2,5-7H,3-4,8H2,(H,18,19)/b11-7-. The number of carbonyl (C=O) groups excluding carboxylic acids is 1. The van der Waals surface area contributed by atoms with Gasteiger partial charge in [-0.15, -0.1) is 27.8 Å². The normalized spacial score (nSPS) is 16.3. The van der Waals surface area contributed by atoms with Crippen molar-refractivity contribution in [2.45, 2.75) is 19.3 Å². The number of amides is 1. The number of carboxylic acid groups (broad SMARTS) is 1. The van der Waals surface area contributed by atoms with Gasteiger partial charge in [-0.2, -0.15) is 5.01 Å². The van der Waals surface area contributed by atoms with E-state index in [1.807, 2.05) is 24.3 Å². The van der Waals surface area contributed by atoms with Crippen molar-refractivity contribution in [3.63, 3.8) is 0 Å². The van der Waals surface area contributed by atoms with Gasteiger partial charge in [-0.1, -0.05) is 30.0 Å². The van der Waals surface area contributed by atoms with E-state index in [0.717, 1.165) is 13.4 Å². The molecule has 1 aromatic carbocycles. The Morgan fingerprint density at radius 1 is 1.29 bits per heavy atom. The third-order valence-corrected chi connectivity index (χ3v) is 6.75. The van der Waals surface area contributed by atoms with E-state index in [4.69, 9.17) is 17.3 Å². The Labute approximate surface area is 155 Å². The number of benzene rings is 1. The molecule has 5 nitrogen and oxygen atoms in total. The van der Waals surface area contributed by atoms with Gasteiger partial charge >= 0.3 is 5.97 Å². The third kappa shape index (κ3) is 3.92. The van der Waals surface area contributed by atoms with Crippen molar-refractivity contribution in [3.8, 4) is 0 Å². The first kappa shape index (κ1) is 17.3. The number of hydrogen-bond acceptors (Lipinski definition) is 7. The van der Waals surface area contributed by atoms with E-state index in [9.17, 15) is 9.59 Å². The molecule has 2 heterocycles. The molecule has 0 saturated carbocycles. The third-order valence-electron chi connectivity index (χ3n) is 3.12. The van der Waals surface area contributed by atoms with E-state index in [-0.39, 0.29) is 12.3 Å². The highest BCUT2D eigenvalue weighted by molar-refractivity contribution is 8.26. The van der Waals surface area contributed by atoms with Crippen LogP contribution < -0.4 is 3.98 Å². The first-order chi connectivity index (χ1) is 11.5. The average Bonchev–Trinajstić information content (AvgIpc) is 3.07. The van der Waals surface area contributed by atoms with Crippen LogP contribution in [0.4, 0.5) is 0 Å². The first-order valence-corrected chi connectivity index (χ1v) is 9.92. The van der Waals surface area contributed by atoms with Crippen molar-refractivity contribution in [1.82, 2.24) is 5.01 Å². The van der Waals surface area contributed by atoms with Crippen molar-refractivity contribution < 1.29 is 14.7 Å². The number of rotatable bonds is 5. The minimum absolute atomic E-state index is 0.0879. The summed E-state index contributed by atoms with van der Waals surface area (Å²) in [6, 6.07) is 7.97. The Morgan fingerprint density at radius 2 is 1.96 bits per heavy atom. The van der Waals surface area contributed by atoms with E-state index in [1.54, 1.807) is 6.08 Å². The van der Waals surface area contributed by atoms with Crippen LogP contribution in [0.2, 0.25) is 0 Å². The molecular formula is C15H12N2O3S4. The van der Waals surface area contributed by atoms with E-state index in [2.05, 4.69) is 5.10 Å². The SMILES string of the molecule is O=C(O)CCC/C=C1\SC(=S)N(N=c2sc3ccccc3s2)C1=O. The maximum absolute atomic E-state index is 12.4. The van der Waals surface area contributed by atoms with Gasteiger partial charge < -0.3 is 5.11 Å². The summed E-state index contributed by atoms with van der Waals surface area (Å²) in [4.78, 5) is 23.4. The van der Waals surface area contributed by atoms with Gasteiger partial charge in [0.05, 0.1) is 4.91 Å². The van der Waals surface area contributed by atoms with Gasteiger partial charge in [-0.05, 0) is 37.2 Å². The van der Waals surface area contributed by atoms with Crippen molar-refractivity contribution >= 4 is 72.3 Å². The van der Waals surface area contributed by atoms with Crippen LogP contribution in [0.15, 0.2) is 40.3 Å². The molecule has 1 aromatic heterocycles. The molecular weight excluding hydrogens is 384 g/mol. The van der Waals surface area contributed by atoms with Gasteiger partial charge in [0.1, 0.15) is 0 Å². The van der Waals surface area contributed by atoms with Crippen molar-refractivity contribution in [1.29, 1.82) is 0 Å². The van der Waals surface area contributed by atoms with E-state index in [0.29, 0.717) is 22.1 Å². The molecule has 1 amide bonds. The second kappa shape index (κ2) is 7.56. The number of carboxylic acids is 1. The lowest BCUT2D eigenvalue weighted by molar-refractivity contribution is -0.137. The predicted molar refractivity (Wildman–Crippen MR) is 102 cm³/mol. The molecule has 1 aliphatic heterocycles. The topological polar surface area (TPSA) is 70.0 Å². The van der Waals surface area contributed by atoms with Gasteiger partial charge in [0, 0.05) is 15.8 Å². The molecule has 1 fully saturated rings. The zero-order valence-corrected chi connectivity index (χ0v) is 15.6. The Kier molecular flexibility index (Phi) is 5.44. The fraction of sp³-hybridized carbons (Fsp3) is 0.200. The number of carbonyl (C=O) groups is 2. The summed E-state index contributed by atoms with van der Waals surface area (Å²) in [5.74, 6) is -1.08. The molecule has 1 N–H and O–H groups in total. The molecule has 3 rings (SSSR count). The van der Waals surface area contributed by atoms with E-state index in [1.165, 1.54) is 39.4 Å². The molecule has 0 atom stereocenters. The highest BCUT2D eigenvalue weighted by Gasteiger charge is 2.32. The van der Waals surface area contributed by atoms with Gasteiger partial charge in [-0.25, -0.2) is 0 Å². The van der Waals surface area contributed by atoms with Crippen LogP contribution in [-0.2, 0) is 9.59 Å². The number of unbranched alkanes of at least 4 members (excludes halogenated alkanes) is 1. The number of allylic oxidation sites excluding steroid dienone is 1. The van der Waals surface area contributed by atoms with Gasteiger partial charge in [-0.3, -0.25) is 9.59 Å². The quantitative estimate of drug-likeness (QED) is 0.473. The largest absolute Gasteiger partial charge is 0.481 e. The zero-order chi connectivity index (χ0) is 17.1. The number of fused-ring (bicyclic) bond motifs is 1. The van der Waals surface area contributed by atoms with E-state index < -0.39 is 5.97 Å². The molecule has 0 radical (unpaired) electrons. The second-order valence-corrected chi connectivity index (χ2v) is 8.85. The first-order valence-electron chi connectivity index (χ1n) is 7.06. The number of thioether (sulfide) groups is 1. The molecule has 0 bridgehead atoms. The Morgan fingerprint density at radius 3 is 2.58 bits per heavy atom. The van der Waals surface area contributed by atoms with Crippen LogP contribution in [0.25, 0.3) is 9.40 Å². The Balaban J connectivity index is 1.78. The molecule has 0 spiro atoms. The van der Waals surface area contributed by atoms with Gasteiger partial charge in [0.15, 0.2) is 8.31 Å². The average molecular weight is 397 g/mol. The number of hydrogen-bond donors (Lipinski definition) is 1. The lowest BCUT2D eigenvalue weighted by Crippen LogP contribution is -2.23. The zero-order valence-electron chi connectivity index (χ0n) is 12.3. The van der Waals surface area contributed by atoms with Gasteiger partial charge in [0.2, 0.25) is 0 Å². The molecule has 124 valence electrons. The van der Waals surface area contributed by atoms with Crippen molar-refractivity contribution in [2.75, 3.05) is 0 Å². The van der Waals surface area contributed by atoms with Crippen LogP contribution in [0, 0.1) is 0 Å². The molecule has 1 aliphatic rings. The predicted octanol–water partition coefficient (Wildman–Crippen LogP) is 3.78. The summed E-state index contributed by atoms with van der Waals surface area (Å²) in [7, 11) is 0. The minimum Gasteiger partial charge on any atom is -0.481 e. The monoisotopic (exact) mass is 396 g/mol. The Hall–Kier alpha value is -1.55. The van der Waals surface area contributed by atoms with Crippen LogP contribution in [0.1, 0.15) is 19.3 Å². The summed E-state index contributed by atoms with van der Waals surface area (Å²) >= 11 is 9.48. The molecule has 24 heavy (non-hydrogen) atoms. The van der Waals surface area contributed by atoms with Gasteiger partial charge in [0.25, 0.3) is 5.91 Å². The molecule has 9 heteroatoms. The summed E-state index contributed by atoms with van der Waals surface area (Å²) in [6.45, 7) is 0. The smallest absolute Gasteiger partial charge is 0.303 e. The minimum atomic E-state index is -0.836. The summed E-state index contributed by atoms with van der Waals surface area (Å²) in [5.41, 5.74) is 0. The van der Waals surface area contributed by atoms with E-state index >= 15 is 0 Å².